The van der Waals surface area contributed by atoms with Crippen molar-refractivity contribution < 1.29 is 28.3 Å². The summed E-state index contributed by atoms with van der Waals surface area (Å²) in [6.07, 6.45) is 6.00. The van der Waals surface area contributed by atoms with E-state index in [-0.39, 0.29) is 11.6 Å². The number of nitrogen functional groups attached to an aromatic ring is 1. The van der Waals surface area contributed by atoms with Crippen LogP contribution < -0.4 is 22.3 Å². The number of rotatable bonds is 7. The van der Waals surface area contributed by atoms with Crippen LogP contribution in [0.5, 0.6) is 0 Å². The van der Waals surface area contributed by atoms with Crippen LogP contribution in [0.1, 0.15) is 35.1 Å². The molecule has 2 aromatic carbocycles. The summed E-state index contributed by atoms with van der Waals surface area (Å²) in [6, 6.07) is 18.0. The third-order valence-corrected chi connectivity index (χ3v) is 6.69. The molecule has 4 aromatic rings. The zero-order chi connectivity index (χ0) is 27.1. The molecule has 0 aliphatic heterocycles. The summed E-state index contributed by atoms with van der Waals surface area (Å²) in [7, 11) is -3.13. The molecule has 4 rings (SSSR count). The highest BCUT2D eigenvalue weighted by Gasteiger charge is 2.27. The van der Waals surface area contributed by atoms with E-state index in [2.05, 4.69) is 24.4 Å². The molecule has 0 saturated heterocycles. The molecule has 0 saturated carbocycles. The van der Waals surface area contributed by atoms with E-state index in [1.54, 1.807) is 44.3 Å². The molecule has 0 aliphatic rings. The lowest BCUT2D eigenvalue weighted by Gasteiger charge is -2.15. The molecule has 0 aliphatic carbocycles. The van der Waals surface area contributed by atoms with Gasteiger partial charge in [0.15, 0.2) is 0 Å². The fraction of sp³-hybridized carbons (Fsp3) is 0.167. The zero-order valence-corrected chi connectivity index (χ0v) is 21.3. The first kappa shape index (κ1) is 29.0. The van der Waals surface area contributed by atoms with E-state index < -0.39 is 19.3 Å². The molecular formula is C24H29N6O6P. The minimum absolute atomic E-state index is 0.117. The molecule has 0 amide bonds. The SMILES string of the molecule is CCOC(=O)c1ncc[nH]1.CCOC(=O)c1nccn1N.NOP(=O)(c1ccccc1)c1ccccc1. The predicted molar refractivity (Wildman–Crippen MR) is 138 cm³/mol. The fourth-order valence-electron chi connectivity index (χ4n) is 2.76. The van der Waals surface area contributed by atoms with Crippen LogP contribution in [0, 0.1) is 0 Å². The lowest BCUT2D eigenvalue weighted by atomic mass is 10.4. The van der Waals surface area contributed by atoms with Crippen molar-refractivity contribution in [3.63, 3.8) is 0 Å². The average molecular weight is 529 g/mol. The minimum atomic E-state index is -3.13. The number of nitrogens with one attached hydrogen (secondary N) is 1. The molecule has 0 radical (unpaired) electrons. The van der Waals surface area contributed by atoms with Crippen LogP contribution in [-0.2, 0) is 18.7 Å². The van der Waals surface area contributed by atoms with E-state index in [1.807, 2.05) is 36.4 Å². The molecule has 0 atom stereocenters. The highest BCUT2D eigenvalue weighted by atomic mass is 31.2. The Balaban J connectivity index is 0.000000203. The number of nitrogens with zero attached hydrogens (tertiary/aromatic N) is 3. The van der Waals surface area contributed by atoms with E-state index in [0.29, 0.717) is 23.8 Å². The van der Waals surface area contributed by atoms with Gasteiger partial charge in [0.1, 0.15) is 0 Å². The Hall–Kier alpha value is -4.25. The van der Waals surface area contributed by atoms with Gasteiger partial charge in [0, 0.05) is 35.4 Å². The molecule has 0 bridgehead atoms. The number of carbonyl (C=O) groups is 2. The number of hydrogen-bond donors (Lipinski definition) is 3. The van der Waals surface area contributed by atoms with Gasteiger partial charge >= 0.3 is 11.9 Å². The highest BCUT2D eigenvalue weighted by Crippen LogP contribution is 2.42. The van der Waals surface area contributed by atoms with Crippen LogP contribution in [0.2, 0.25) is 0 Å². The summed E-state index contributed by atoms with van der Waals surface area (Å²) in [6.45, 7) is 4.17. The first-order valence-corrected chi connectivity index (χ1v) is 12.7. The fourth-order valence-corrected chi connectivity index (χ4v) is 4.43. The Kier molecular flexibility index (Phi) is 11.7. The number of ether oxygens (including phenoxy) is 2. The maximum Gasteiger partial charge on any atom is 0.376 e. The first-order chi connectivity index (χ1) is 17.9. The van der Waals surface area contributed by atoms with Gasteiger partial charge in [-0.15, -0.1) is 0 Å². The molecule has 0 unspecified atom stereocenters. The molecule has 2 aromatic heterocycles. The smallest absolute Gasteiger partial charge is 0.376 e. The highest BCUT2D eigenvalue weighted by molar-refractivity contribution is 7.74. The molecule has 0 fully saturated rings. The Morgan fingerprint density at radius 1 is 0.892 bits per heavy atom. The number of aromatic nitrogens is 4. The summed E-state index contributed by atoms with van der Waals surface area (Å²) in [4.78, 5) is 31.8. The van der Waals surface area contributed by atoms with Crippen molar-refractivity contribution in [2.45, 2.75) is 13.8 Å². The van der Waals surface area contributed by atoms with Gasteiger partial charge in [-0.25, -0.2) is 34.8 Å². The monoisotopic (exact) mass is 528 g/mol. The zero-order valence-electron chi connectivity index (χ0n) is 20.4. The van der Waals surface area contributed by atoms with E-state index in [4.69, 9.17) is 16.4 Å². The third kappa shape index (κ3) is 8.43. The summed E-state index contributed by atoms with van der Waals surface area (Å²) in [5, 5.41) is 1.20. The first-order valence-electron chi connectivity index (χ1n) is 11.1. The summed E-state index contributed by atoms with van der Waals surface area (Å²) >= 11 is 0. The van der Waals surface area contributed by atoms with Crippen molar-refractivity contribution >= 4 is 29.9 Å². The Morgan fingerprint density at radius 3 is 1.84 bits per heavy atom. The maximum absolute atomic E-state index is 12.6. The molecule has 13 heteroatoms. The molecule has 5 N–H and O–H groups in total. The van der Waals surface area contributed by atoms with Crippen molar-refractivity contribution in [3.8, 4) is 0 Å². The lowest BCUT2D eigenvalue weighted by molar-refractivity contribution is 0.0501. The topological polar surface area (TPSA) is 177 Å². The lowest BCUT2D eigenvalue weighted by Crippen LogP contribution is -2.20. The summed E-state index contributed by atoms with van der Waals surface area (Å²) in [5.74, 6) is 9.99. The van der Waals surface area contributed by atoms with Gasteiger partial charge in [0.25, 0.3) is 7.37 Å². The minimum Gasteiger partial charge on any atom is -0.460 e. The van der Waals surface area contributed by atoms with Crippen LogP contribution in [0.3, 0.4) is 0 Å². The number of aromatic amines is 1. The Morgan fingerprint density at radius 2 is 1.43 bits per heavy atom. The second-order valence-electron chi connectivity index (χ2n) is 6.86. The van der Waals surface area contributed by atoms with Gasteiger partial charge in [-0.3, -0.25) is 4.57 Å². The van der Waals surface area contributed by atoms with E-state index >= 15 is 0 Å². The van der Waals surface area contributed by atoms with Gasteiger partial charge < -0.3 is 20.3 Å². The van der Waals surface area contributed by atoms with Crippen LogP contribution in [0.4, 0.5) is 0 Å². The standard InChI is InChI=1S/C12H12NO2P.C6H9N3O2.C6H8N2O2/c13-15-16(14,11-7-3-1-4-8-11)12-9-5-2-6-10-12;1-2-11-6(10)5-8-3-4-9(5)7;1-2-10-6(9)5-7-3-4-8-5/h1-10H,13H2;3-4H,2,7H2,1H3;3-4H,2H2,1H3,(H,7,8). The molecule has 0 spiro atoms. The largest absolute Gasteiger partial charge is 0.460 e. The summed E-state index contributed by atoms with van der Waals surface area (Å²) in [5.41, 5.74) is 0. The quantitative estimate of drug-likeness (QED) is 0.139. The van der Waals surface area contributed by atoms with Crippen molar-refractivity contribution in [1.29, 1.82) is 0 Å². The van der Waals surface area contributed by atoms with Crippen LogP contribution >= 0.6 is 7.37 Å². The van der Waals surface area contributed by atoms with Crippen LogP contribution in [0.25, 0.3) is 0 Å². The predicted octanol–water partition coefficient (Wildman–Crippen LogP) is 2.17. The molecular weight excluding hydrogens is 499 g/mol. The van der Waals surface area contributed by atoms with Gasteiger partial charge in [-0.2, -0.15) is 0 Å². The van der Waals surface area contributed by atoms with Crippen molar-refractivity contribution in [2.75, 3.05) is 19.1 Å². The maximum atomic E-state index is 12.6. The third-order valence-electron chi connectivity index (χ3n) is 4.43. The normalized spacial score (nSPS) is 10.2. The van der Waals surface area contributed by atoms with Gasteiger partial charge in [0.05, 0.1) is 13.2 Å². The van der Waals surface area contributed by atoms with Gasteiger partial charge in [-0.05, 0) is 38.1 Å². The van der Waals surface area contributed by atoms with Crippen LogP contribution in [0.15, 0.2) is 85.5 Å². The number of hydrogen-bond acceptors (Lipinski definition) is 10. The van der Waals surface area contributed by atoms with Gasteiger partial charge in [0.2, 0.25) is 11.6 Å². The number of nitrogens with two attached hydrogens (primary N) is 2. The van der Waals surface area contributed by atoms with Gasteiger partial charge in [-0.1, -0.05) is 36.4 Å². The Bertz CT molecular complexity index is 1220. The molecule has 2 heterocycles. The molecule has 196 valence electrons. The molecule has 12 nitrogen and oxygen atoms in total. The number of H-pyrrole nitrogens is 1. The number of esters is 2. The number of imidazole rings is 2. The second kappa shape index (κ2) is 15.0. The Labute approximate surface area is 214 Å². The van der Waals surface area contributed by atoms with E-state index in [0.717, 1.165) is 4.68 Å². The van der Waals surface area contributed by atoms with Crippen molar-refractivity contribution in [3.05, 3.63) is 97.1 Å². The second-order valence-corrected chi connectivity index (χ2v) is 9.21. The van der Waals surface area contributed by atoms with Crippen molar-refractivity contribution in [1.82, 2.24) is 19.6 Å². The van der Waals surface area contributed by atoms with Crippen LogP contribution in [-0.4, -0.2) is 44.8 Å². The molecule has 37 heavy (non-hydrogen) atoms. The van der Waals surface area contributed by atoms with E-state index in [1.165, 1.54) is 18.6 Å². The number of benzene rings is 2. The number of carbonyl (C=O) groups excluding carboxylic acids is 2. The van der Waals surface area contributed by atoms with Crippen molar-refractivity contribution in [2.24, 2.45) is 5.90 Å². The van der Waals surface area contributed by atoms with E-state index in [9.17, 15) is 14.2 Å². The average Bonchev–Trinajstić information content (AvgIpc) is 3.63. The summed E-state index contributed by atoms with van der Waals surface area (Å²) < 4.78 is 27.8.